The summed E-state index contributed by atoms with van der Waals surface area (Å²) in [5, 5.41) is 0.967. The average Bonchev–Trinajstić information content (AvgIpc) is 2.68. The highest BCUT2D eigenvalue weighted by Crippen LogP contribution is 2.31. The summed E-state index contributed by atoms with van der Waals surface area (Å²) in [7, 11) is 0. The van der Waals surface area contributed by atoms with Crippen LogP contribution in [-0.2, 0) is 15.2 Å². The molecular formula is C19H23N3O2S. The van der Waals surface area contributed by atoms with Gasteiger partial charge in [-0.3, -0.25) is 4.98 Å². The van der Waals surface area contributed by atoms with E-state index in [4.69, 9.17) is 14.5 Å². The second-order valence-electron chi connectivity index (χ2n) is 6.56. The van der Waals surface area contributed by atoms with Gasteiger partial charge in [0, 0.05) is 44.9 Å². The molecule has 1 aromatic heterocycles. The highest BCUT2D eigenvalue weighted by molar-refractivity contribution is 7.98. The van der Waals surface area contributed by atoms with Crippen molar-refractivity contribution in [3.05, 3.63) is 48.3 Å². The largest absolute Gasteiger partial charge is 0.381 e. The fourth-order valence-corrected chi connectivity index (χ4v) is 4.18. The molecule has 0 amide bonds. The highest BCUT2D eigenvalue weighted by Gasteiger charge is 2.38. The van der Waals surface area contributed by atoms with Gasteiger partial charge in [-0.2, -0.15) is 0 Å². The van der Waals surface area contributed by atoms with Crippen molar-refractivity contribution >= 4 is 17.6 Å². The molecule has 0 unspecified atom stereocenters. The summed E-state index contributed by atoms with van der Waals surface area (Å²) < 4.78 is 11.6. The molecule has 4 rings (SSSR count). The summed E-state index contributed by atoms with van der Waals surface area (Å²) in [6, 6.07) is 10.5. The molecule has 2 fully saturated rings. The van der Waals surface area contributed by atoms with Gasteiger partial charge in [-0.1, -0.05) is 30.3 Å². The van der Waals surface area contributed by atoms with Crippen LogP contribution < -0.4 is 4.90 Å². The first-order chi connectivity index (χ1) is 12.3. The zero-order chi connectivity index (χ0) is 17.0. The van der Waals surface area contributed by atoms with Crippen LogP contribution in [-0.4, -0.2) is 48.5 Å². The van der Waals surface area contributed by atoms with Crippen molar-refractivity contribution in [1.82, 2.24) is 9.97 Å². The Labute approximate surface area is 152 Å². The number of rotatable bonds is 4. The molecule has 5 nitrogen and oxygen atoms in total. The Morgan fingerprint density at radius 3 is 2.76 bits per heavy atom. The molecule has 1 aromatic carbocycles. The van der Waals surface area contributed by atoms with Crippen LogP contribution in [0.25, 0.3) is 0 Å². The molecule has 0 saturated carbocycles. The third-order valence-electron chi connectivity index (χ3n) is 4.81. The maximum absolute atomic E-state index is 6.12. The van der Waals surface area contributed by atoms with Gasteiger partial charge in [0.05, 0.1) is 24.6 Å². The molecule has 2 saturated heterocycles. The Kier molecular flexibility index (Phi) is 5.20. The number of hydrogen-bond donors (Lipinski definition) is 0. The molecule has 2 aliphatic rings. The average molecular weight is 357 g/mol. The summed E-state index contributed by atoms with van der Waals surface area (Å²) in [6.45, 7) is 4.05. The van der Waals surface area contributed by atoms with E-state index in [2.05, 4.69) is 34.1 Å². The van der Waals surface area contributed by atoms with Crippen LogP contribution >= 0.6 is 11.8 Å². The minimum atomic E-state index is -0.0780. The lowest BCUT2D eigenvalue weighted by Crippen LogP contribution is -2.54. The molecule has 2 aliphatic heterocycles. The quantitative estimate of drug-likeness (QED) is 0.784. The van der Waals surface area contributed by atoms with Crippen LogP contribution in [0, 0.1) is 0 Å². The lowest BCUT2D eigenvalue weighted by Gasteiger charge is -2.45. The van der Waals surface area contributed by atoms with Crippen LogP contribution in [0.2, 0.25) is 0 Å². The van der Waals surface area contributed by atoms with Gasteiger partial charge in [0.2, 0.25) is 0 Å². The molecule has 0 bridgehead atoms. The Hall–Kier alpha value is -1.63. The van der Waals surface area contributed by atoms with Crippen molar-refractivity contribution in [2.75, 3.05) is 37.8 Å². The van der Waals surface area contributed by atoms with E-state index in [0.717, 1.165) is 62.3 Å². The molecule has 2 aromatic rings. The van der Waals surface area contributed by atoms with Gasteiger partial charge in [-0.05, 0) is 5.56 Å². The van der Waals surface area contributed by atoms with Crippen LogP contribution in [0.5, 0.6) is 0 Å². The fourth-order valence-electron chi connectivity index (χ4n) is 3.38. The second kappa shape index (κ2) is 7.72. The number of morpholine rings is 1. The van der Waals surface area contributed by atoms with Gasteiger partial charge < -0.3 is 14.4 Å². The van der Waals surface area contributed by atoms with Crippen molar-refractivity contribution in [2.24, 2.45) is 0 Å². The minimum absolute atomic E-state index is 0.0780. The predicted molar refractivity (Wildman–Crippen MR) is 99.0 cm³/mol. The number of aromatic nitrogens is 2. The van der Waals surface area contributed by atoms with Gasteiger partial charge in [0.1, 0.15) is 10.8 Å². The maximum Gasteiger partial charge on any atom is 0.148 e. The number of anilines is 1. The lowest BCUT2D eigenvalue weighted by atomic mass is 9.92. The maximum atomic E-state index is 6.12. The third-order valence-corrected chi connectivity index (χ3v) is 5.78. The number of nitrogens with zero attached hydrogens (tertiary/aromatic N) is 3. The second-order valence-corrected chi connectivity index (χ2v) is 7.55. The summed E-state index contributed by atoms with van der Waals surface area (Å²) in [6.07, 6.45) is 5.63. The highest BCUT2D eigenvalue weighted by atomic mass is 32.2. The molecule has 132 valence electrons. The first kappa shape index (κ1) is 16.8. The van der Waals surface area contributed by atoms with Gasteiger partial charge in [0.15, 0.2) is 0 Å². The first-order valence-corrected chi connectivity index (χ1v) is 9.77. The van der Waals surface area contributed by atoms with E-state index in [0.29, 0.717) is 0 Å². The number of ether oxygens (including phenoxy) is 2. The molecule has 0 N–H and O–H groups in total. The van der Waals surface area contributed by atoms with Crippen LogP contribution in [0.15, 0.2) is 47.8 Å². The first-order valence-electron chi connectivity index (χ1n) is 8.78. The third kappa shape index (κ3) is 4.14. The molecule has 0 atom stereocenters. The zero-order valence-corrected chi connectivity index (χ0v) is 15.1. The molecule has 1 spiro atoms. The number of benzene rings is 1. The van der Waals surface area contributed by atoms with Crippen LogP contribution in [0.3, 0.4) is 0 Å². The van der Waals surface area contributed by atoms with Gasteiger partial charge in [0.25, 0.3) is 0 Å². The topological polar surface area (TPSA) is 47.5 Å². The molecular weight excluding hydrogens is 334 g/mol. The zero-order valence-electron chi connectivity index (χ0n) is 14.3. The van der Waals surface area contributed by atoms with E-state index in [9.17, 15) is 0 Å². The minimum Gasteiger partial charge on any atom is -0.381 e. The van der Waals surface area contributed by atoms with E-state index < -0.39 is 0 Å². The molecule has 6 heteroatoms. The van der Waals surface area contributed by atoms with E-state index in [1.807, 2.05) is 18.5 Å². The number of thioether (sulfide) groups is 1. The summed E-state index contributed by atoms with van der Waals surface area (Å²) >= 11 is 1.73. The molecule has 0 aliphatic carbocycles. The van der Waals surface area contributed by atoms with Crippen molar-refractivity contribution in [3.8, 4) is 0 Å². The Morgan fingerprint density at radius 1 is 1.08 bits per heavy atom. The van der Waals surface area contributed by atoms with E-state index in [1.165, 1.54) is 5.56 Å². The lowest BCUT2D eigenvalue weighted by molar-refractivity contribution is -0.116. The van der Waals surface area contributed by atoms with E-state index in [-0.39, 0.29) is 5.60 Å². The van der Waals surface area contributed by atoms with Crippen molar-refractivity contribution in [3.63, 3.8) is 0 Å². The standard InChI is InChI=1S/C19H23N3O2S/c1-2-4-16(5-3-1)14-25-18-13-20-12-17(21-18)22-8-11-24-19(15-22)6-9-23-10-7-19/h1-5,12-13H,6-11,14-15H2. The van der Waals surface area contributed by atoms with E-state index in [1.54, 1.807) is 11.8 Å². The summed E-state index contributed by atoms with van der Waals surface area (Å²) in [4.78, 5) is 11.6. The summed E-state index contributed by atoms with van der Waals surface area (Å²) in [5.41, 5.74) is 1.22. The number of hydrogen-bond acceptors (Lipinski definition) is 6. The van der Waals surface area contributed by atoms with Crippen molar-refractivity contribution < 1.29 is 9.47 Å². The summed E-state index contributed by atoms with van der Waals surface area (Å²) in [5.74, 6) is 1.86. The van der Waals surface area contributed by atoms with Crippen molar-refractivity contribution in [1.29, 1.82) is 0 Å². The van der Waals surface area contributed by atoms with Gasteiger partial charge in [-0.25, -0.2) is 4.98 Å². The SMILES string of the molecule is c1ccc(CSc2cncc(N3CCOC4(CCOCC4)C3)n2)cc1. The molecule has 25 heavy (non-hydrogen) atoms. The van der Waals surface area contributed by atoms with Gasteiger partial charge in [-0.15, -0.1) is 11.8 Å². The van der Waals surface area contributed by atoms with E-state index >= 15 is 0 Å². The fraction of sp³-hybridized carbons (Fsp3) is 0.474. The molecule has 3 heterocycles. The predicted octanol–water partition coefficient (Wildman–Crippen LogP) is 3.15. The molecule has 0 radical (unpaired) electrons. The Balaban J connectivity index is 1.43. The van der Waals surface area contributed by atoms with Gasteiger partial charge >= 0.3 is 0 Å². The smallest absolute Gasteiger partial charge is 0.148 e. The Morgan fingerprint density at radius 2 is 1.92 bits per heavy atom. The normalized spacial score (nSPS) is 19.9. The van der Waals surface area contributed by atoms with Crippen LogP contribution in [0.1, 0.15) is 18.4 Å². The monoisotopic (exact) mass is 357 g/mol. The van der Waals surface area contributed by atoms with Crippen molar-refractivity contribution in [2.45, 2.75) is 29.2 Å². The van der Waals surface area contributed by atoms with Crippen LogP contribution in [0.4, 0.5) is 5.82 Å². The Bertz CT molecular complexity index is 687.